The van der Waals surface area contributed by atoms with Gasteiger partial charge in [0.2, 0.25) is 21.8 Å². The number of rotatable bonds is 7. The minimum Gasteiger partial charge on any atom is -0.481 e. The van der Waals surface area contributed by atoms with Crippen LogP contribution in [0.4, 0.5) is 5.69 Å². The van der Waals surface area contributed by atoms with Crippen LogP contribution in [0, 0.1) is 0 Å². The van der Waals surface area contributed by atoms with Crippen molar-refractivity contribution in [2.24, 2.45) is 0 Å². The van der Waals surface area contributed by atoms with Crippen molar-refractivity contribution < 1.29 is 22.4 Å². The van der Waals surface area contributed by atoms with Crippen LogP contribution in [0.15, 0.2) is 50.6 Å². The number of fused-ring (bicyclic) bond motifs is 1. The van der Waals surface area contributed by atoms with Gasteiger partial charge >= 0.3 is 5.76 Å². The summed E-state index contributed by atoms with van der Waals surface area (Å²) in [6.45, 7) is 1.06. The lowest BCUT2D eigenvalue weighted by Gasteiger charge is -2.15. The van der Waals surface area contributed by atoms with Gasteiger partial charge in [0.25, 0.3) is 0 Å². The standard InChI is InChI=1S/C20H22N4O6S/c1-29-19-7-4-14(13-21-19)22-18(25)8-11-24-16-6-5-15(12-17(16)30-20(24)26)31(27,28)23-9-2-3-10-23/h4-7,12-13H,2-3,8-11H2,1H3,(H,22,25). The first-order valence-electron chi connectivity index (χ1n) is 9.82. The van der Waals surface area contributed by atoms with Crippen LogP contribution in [0.1, 0.15) is 19.3 Å². The summed E-state index contributed by atoms with van der Waals surface area (Å²) in [5, 5.41) is 2.70. The first kappa shape index (κ1) is 21.1. The molecule has 1 fully saturated rings. The third-order valence-corrected chi connectivity index (χ3v) is 7.03. The van der Waals surface area contributed by atoms with Gasteiger partial charge in [-0.3, -0.25) is 9.36 Å². The maximum atomic E-state index is 12.7. The highest BCUT2D eigenvalue weighted by molar-refractivity contribution is 7.89. The summed E-state index contributed by atoms with van der Waals surface area (Å²) in [6, 6.07) is 7.64. The number of aryl methyl sites for hydroxylation is 1. The highest BCUT2D eigenvalue weighted by atomic mass is 32.2. The molecule has 11 heteroatoms. The van der Waals surface area contributed by atoms with Crippen LogP contribution in [0.2, 0.25) is 0 Å². The molecule has 0 spiro atoms. The Hall–Kier alpha value is -3.18. The van der Waals surface area contributed by atoms with E-state index >= 15 is 0 Å². The van der Waals surface area contributed by atoms with E-state index in [9.17, 15) is 18.0 Å². The molecule has 0 bridgehead atoms. The topological polar surface area (TPSA) is 124 Å². The molecule has 10 nitrogen and oxygen atoms in total. The lowest BCUT2D eigenvalue weighted by Crippen LogP contribution is -2.27. The van der Waals surface area contributed by atoms with Gasteiger partial charge in [-0.25, -0.2) is 18.2 Å². The van der Waals surface area contributed by atoms with Gasteiger partial charge in [0.05, 0.1) is 29.4 Å². The summed E-state index contributed by atoms with van der Waals surface area (Å²) >= 11 is 0. The van der Waals surface area contributed by atoms with Gasteiger partial charge in [0.1, 0.15) is 0 Å². The molecule has 0 saturated carbocycles. The lowest BCUT2D eigenvalue weighted by molar-refractivity contribution is -0.116. The minimum atomic E-state index is -3.62. The fourth-order valence-electron chi connectivity index (χ4n) is 3.51. The Bertz CT molecular complexity index is 1260. The molecular formula is C20H22N4O6S. The first-order valence-corrected chi connectivity index (χ1v) is 11.3. The molecule has 0 aliphatic carbocycles. The molecule has 2 aromatic heterocycles. The quantitative estimate of drug-likeness (QED) is 0.587. The SMILES string of the molecule is COc1ccc(NC(=O)CCn2c(=O)oc3cc(S(=O)(=O)N4CCCC4)ccc32)cn1. The Morgan fingerprint density at radius 1 is 1.23 bits per heavy atom. The van der Waals surface area contributed by atoms with E-state index < -0.39 is 15.8 Å². The molecule has 1 amide bonds. The van der Waals surface area contributed by atoms with Gasteiger partial charge in [-0.2, -0.15) is 4.31 Å². The number of aromatic nitrogens is 2. The highest BCUT2D eigenvalue weighted by Gasteiger charge is 2.28. The Balaban J connectivity index is 1.48. The van der Waals surface area contributed by atoms with Crippen LogP contribution in [-0.2, 0) is 21.4 Å². The number of carbonyl (C=O) groups excluding carboxylic acids is 1. The van der Waals surface area contributed by atoms with Crippen LogP contribution >= 0.6 is 0 Å². The van der Waals surface area contributed by atoms with Gasteiger partial charge in [0.15, 0.2) is 5.58 Å². The number of carbonyl (C=O) groups is 1. The summed E-state index contributed by atoms with van der Waals surface area (Å²) in [5.41, 5.74) is 1.11. The smallest absolute Gasteiger partial charge is 0.419 e. The average molecular weight is 446 g/mol. The molecule has 3 heterocycles. The third kappa shape index (κ3) is 4.32. The van der Waals surface area contributed by atoms with E-state index in [0.717, 1.165) is 12.8 Å². The van der Waals surface area contributed by atoms with Crippen LogP contribution in [0.5, 0.6) is 5.88 Å². The number of hydrogen-bond donors (Lipinski definition) is 1. The molecule has 1 aliphatic rings. The van der Waals surface area contributed by atoms with Crippen LogP contribution in [0.25, 0.3) is 11.1 Å². The summed E-state index contributed by atoms with van der Waals surface area (Å²) in [7, 11) is -2.12. The second-order valence-electron chi connectivity index (χ2n) is 7.15. The predicted octanol–water partition coefficient (Wildman–Crippen LogP) is 1.81. The molecule has 0 atom stereocenters. The summed E-state index contributed by atoms with van der Waals surface area (Å²) in [6.07, 6.45) is 3.16. The summed E-state index contributed by atoms with van der Waals surface area (Å²) in [5.74, 6) is -0.522. The van der Waals surface area contributed by atoms with Crippen molar-refractivity contribution in [3.05, 3.63) is 47.1 Å². The van der Waals surface area contributed by atoms with Crippen molar-refractivity contribution in [3.8, 4) is 5.88 Å². The van der Waals surface area contributed by atoms with Crippen LogP contribution in [-0.4, -0.2) is 48.4 Å². The van der Waals surface area contributed by atoms with Gasteiger partial charge in [-0.1, -0.05) is 0 Å². The number of nitrogens with zero attached hydrogens (tertiary/aromatic N) is 3. The van der Waals surface area contributed by atoms with Crippen molar-refractivity contribution in [1.82, 2.24) is 13.9 Å². The van der Waals surface area contributed by atoms with E-state index in [0.29, 0.717) is 30.2 Å². The van der Waals surface area contributed by atoms with Crippen molar-refractivity contribution in [1.29, 1.82) is 0 Å². The number of oxazole rings is 1. The summed E-state index contributed by atoms with van der Waals surface area (Å²) < 4.78 is 38.4. The van der Waals surface area contributed by atoms with E-state index in [1.165, 1.54) is 40.4 Å². The fourth-order valence-corrected chi connectivity index (χ4v) is 5.04. The average Bonchev–Trinajstić information content (AvgIpc) is 3.40. The molecule has 1 saturated heterocycles. The molecule has 31 heavy (non-hydrogen) atoms. The third-order valence-electron chi connectivity index (χ3n) is 5.13. The van der Waals surface area contributed by atoms with E-state index in [1.807, 2.05) is 0 Å². The van der Waals surface area contributed by atoms with Gasteiger partial charge in [-0.15, -0.1) is 0 Å². The van der Waals surface area contributed by atoms with Crippen molar-refractivity contribution >= 4 is 32.7 Å². The van der Waals surface area contributed by atoms with E-state index in [1.54, 1.807) is 12.1 Å². The van der Waals surface area contributed by atoms with Crippen molar-refractivity contribution in [2.75, 3.05) is 25.5 Å². The van der Waals surface area contributed by atoms with Crippen LogP contribution in [0.3, 0.4) is 0 Å². The number of ether oxygens (including phenoxy) is 1. The number of sulfonamides is 1. The zero-order chi connectivity index (χ0) is 22.0. The zero-order valence-electron chi connectivity index (χ0n) is 16.9. The van der Waals surface area contributed by atoms with E-state index in [2.05, 4.69) is 10.3 Å². The second kappa shape index (κ2) is 8.52. The van der Waals surface area contributed by atoms with Crippen molar-refractivity contribution in [3.63, 3.8) is 0 Å². The van der Waals surface area contributed by atoms with E-state index in [4.69, 9.17) is 9.15 Å². The Morgan fingerprint density at radius 2 is 2.00 bits per heavy atom. The first-order chi connectivity index (χ1) is 14.9. The van der Waals surface area contributed by atoms with E-state index in [-0.39, 0.29) is 29.4 Å². The second-order valence-corrected chi connectivity index (χ2v) is 9.09. The monoisotopic (exact) mass is 446 g/mol. The maximum Gasteiger partial charge on any atom is 0.419 e. The number of anilines is 1. The number of methoxy groups -OCH3 is 1. The molecule has 1 N–H and O–H groups in total. The van der Waals surface area contributed by atoms with Gasteiger partial charge < -0.3 is 14.5 Å². The molecule has 3 aromatic rings. The number of amides is 1. The van der Waals surface area contributed by atoms with Gasteiger partial charge in [0, 0.05) is 38.2 Å². The normalized spacial score (nSPS) is 14.7. The number of pyridine rings is 1. The molecule has 1 aliphatic heterocycles. The van der Waals surface area contributed by atoms with Crippen molar-refractivity contribution in [2.45, 2.75) is 30.7 Å². The highest BCUT2D eigenvalue weighted by Crippen LogP contribution is 2.24. The Labute approximate surface area is 178 Å². The zero-order valence-corrected chi connectivity index (χ0v) is 17.7. The predicted molar refractivity (Wildman–Crippen MR) is 113 cm³/mol. The molecule has 0 radical (unpaired) electrons. The largest absolute Gasteiger partial charge is 0.481 e. The van der Waals surface area contributed by atoms with Crippen LogP contribution < -0.4 is 15.8 Å². The Morgan fingerprint density at radius 3 is 2.68 bits per heavy atom. The Kier molecular flexibility index (Phi) is 5.79. The molecule has 4 rings (SSSR count). The van der Waals surface area contributed by atoms with Gasteiger partial charge in [-0.05, 0) is 31.0 Å². The molecule has 0 unspecified atom stereocenters. The number of benzene rings is 1. The molecular weight excluding hydrogens is 424 g/mol. The lowest BCUT2D eigenvalue weighted by atomic mass is 10.3. The molecule has 164 valence electrons. The maximum absolute atomic E-state index is 12.7. The minimum absolute atomic E-state index is 0.0222. The molecule has 1 aromatic carbocycles. The fraction of sp³-hybridized carbons (Fsp3) is 0.350. The summed E-state index contributed by atoms with van der Waals surface area (Å²) in [4.78, 5) is 28.6. The number of hydrogen-bond acceptors (Lipinski definition) is 7. The number of nitrogens with one attached hydrogen (secondary N) is 1.